The van der Waals surface area contributed by atoms with Crippen LogP contribution in [-0.2, 0) is 0 Å². The Morgan fingerprint density at radius 2 is 1.89 bits per heavy atom. The lowest BCUT2D eigenvalue weighted by Crippen LogP contribution is -2.30. The molecule has 1 fully saturated rings. The first kappa shape index (κ1) is 7.07. The van der Waals surface area contributed by atoms with Crippen LogP contribution in [0.2, 0.25) is 0 Å². The third-order valence-electron chi connectivity index (χ3n) is 2.01. The van der Waals surface area contributed by atoms with Gasteiger partial charge in [0.15, 0.2) is 0 Å². The van der Waals surface area contributed by atoms with E-state index in [1.54, 1.807) is 0 Å². The number of nitrogens with one attached hydrogen (secondary N) is 1. The van der Waals surface area contributed by atoms with Gasteiger partial charge in [-0.1, -0.05) is 19.3 Å². The summed E-state index contributed by atoms with van der Waals surface area (Å²) in [5.41, 5.74) is 0. The molecule has 1 aliphatic carbocycles. The van der Waals surface area contributed by atoms with Gasteiger partial charge in [0.05, 0.1) is 0 Å². The maximum atomic E-state index is 5.35. The monoisotopic (exact) mass is 125 g/mol. The molecule has 0 aromatic rings. The average molecular weight is 125 g/mol. The first-order valence-corrected chi connectivity index (χ1v) is 3.87. The van der Waals surface area contributed by atoms with Crippen molar-refractivity contribution in [1.82, 2.24) is 5.32 Å². The Kier molecular flexibility index (Phi) is 3.05. The molecule has 1 heteroatoms. The second-order valence-electron chi connectivity index (χ2n) is 2.74. The van der Waals surface area contributed by atoms with Gasteiger partial charge in [-0.2, -0.15) is 0 Å². The minimum Gasteiger partial charge on any atom is -0.314 e. The summed E-state index contributed by atoms with van der Waals surface area (Å²) in [5, 5.41) is 3.26. The van der Waals surface area contributed by atoms with Crippen molar-refractivity contribution in [3.05, 3.63) is 6.92 Å². The first-order chi connectivity index (χ1) is 4.43. The highest BCUT2D eigenvalue weighted by Gasteiger charge is 2.10. The molecule has 52 valence electrons. The molecule has 0 aliphatic heterocycles. The van der Waals surface area contributed by atoms with Gasteiger partial charge in [0.2, 0.25) is 0 Å². The van der Waals surface area contributed by atoms with Crippen LogP contribution in [0.15, 0.2) is 0 Å². The lowest BCUT2D eigenvalue weighted by Gasteiger charge is -2.21. The molecule has 0 heterocycles. The van der Waals surface area contributed by atoms with Crippen molar-refractivity contribution in [1.29, 1.82) is 0 Å². The van der Waals surface area contributed by atoms with E-state index in [-0.39, 0.29) is 0 Å². The SMILES string of the molecule is [CH]CNC1CCCCC1. The van der Waals surface area contributed by atoms with Crippen LogP contribution in [0.4, 0.5) is 0 Å². The largest absolute Gasteiger partial charge is 0.314 e. The minimum atomic E-state index is 0.644. The number of hydrogen-bond acceptors (Lipinski definition) is 1. The van der Waals surface area contributed by atoms with Gasteiger partial charge in [-0.25, -0.2) is 0 Å². The second-order valence-corrected chi connectivity index (χ2v) is 2.74. The zero-order valence-electron chi connectivity index (χ0n) is 5.90. The van der Waals surface area contributed by atoms with Crippen molar-refractivity contribution in [3.63, 3.8) is 0 Å². The summed E-state index contributed by atoms with van der Waals surface area (Å²) in [6.45, 7) is 5.99. The smallest absolute Gasteiger partial charge is 0.00671 e. The zero-order valence-corrected chi connectivity index (χ0v) is 5.90. The number of rotatable bonds is 2. The van der Waals surface area contributed by atoms with Gasteiger partial charge in [0.25, 0.3) is 0 Å². The van der Waals surface area contributed by atoms with Gasteiger partial charge in [-0.05, 0) is 26.3 Å². The zero-order chi connectivity index (χ0) is 6.53. The fraction of sp³-hybridized carbons (Fsp3) is 0.875. The highest BCUT2D eigenvalue weighted by atomic mass is 14.9. The van der Waals surface area contributed by atoms with E-state index in [9.17, 15) is 0 Å². The van der Waals surface area contributed by atoms with Crippen LogP contribution in [0.5, 0.6) is 0 Å². The maximum absolute atomic E-state index is 5.35. The third kappa shape index (κ3) is 2.35. The molecule has 1 N–H and O–H groups in total. The second kappa shape index (κ2) is 3.89. The van der Waals surface area contributed by atoms with E-state index in [0.717, 1.165) is 6.04 Å². The van der Waals surface area contributed by atoms with Gasteiger partial charge in [-0.15, -0.1) is 0 Å². The molecular formula is C8H15N. The molecule has 0 bridgehead atoms. The van der Waals surface area contributed by atoms with Crippen LogP contribution < -0.4 is 5.32 Å². The Morgan fingerprint density at radius 3 is 2.44 bits per heavy atom. The predicted octanol–water partition coefficient (Wildman–Crippen LogP) is 1.62. The fourth-order valence-corrected chi connectivity index (χ4v) is 1.47. The summed E-state index contributed by atoms with van der Waals surface area (Å²) in [5.74, 6) is 0. The standard InChI is InChI=1S/C8H15N/c1-2-9-8-6-4-3-5-7-8/h1,8-9H,2-7H2. The van der Waals surface area contributed by atoms with Gasteiger partial charge >= 0.3 is 0 Å². The third-order valence-corrected chi connectivity index (χ3v) is 2.01. The molecule has 0 spiro atoms. The Bertz CT molecular complexity index is 62.2. The van der Waals surface area contributed by atoms with Gasteiger partial charge in [-0.3, -0.25) is 0 Å². The lowest BCUT2D eigenvalue weighted by atomic mass is 9.96. The average Bonchev–Trinajstić information content (AvgIpc) is 1.91. The molecule has 1 saturated carbocycles. The van der Waals surface area contributed by atoms with Crippen LogP contribution in [0, 0.1) is 6.92 Å². The summed E-state index contributed by atoms with van der Waals surface area (Å²) in [6.07, 6.45) is 6.85. The molecule has 0 aromatic carbocycles. The summed E-state index contributed by atoms with van der Waals surface area (Å²) < 4.78 is 0. The summed E-state index contributed by atoms with van der Waals surface area (Å²) in [6, 6.07) is 0.726. The fourth-order valence-electron chi connectivity index (χ4n) is 1.47. The molecular weight excluding hydrogens is 110 g/mol. The van der Waals surface area contributed by atoms with Crippen LogP contribution >= 0.6 is 0 Å². The van der Waals surface area contributed by atoms with E-state index in [0.29, 0.717) is 6.54 Å². The molecule has 0 aromatic heterocycles. The van der Waals surface area contributed by atoms with Crippen molar-refractivity contribution in [2.24, 2.45) is 0 Å². The lowest BCUT2D eigenvalue weighted by molar-refractivity contribution is 0.384. The van der Waals surface area contributed by atoms with E-state index in [1.807, 2.05) is 0 Å². The number of hydrogen-bond donors (Lipinski definition) is 1. The van der Waals surface area contributed by atoms with E-state index in [4.69, 9.17) is 6.92 Å². The van der Waals surface area contributed by atoms with Crippen LogP contribution in [-0.4, -0.2) is 12.6 Å². The van der Waals surface area contributed by atoms with Crippen molar-refractivity contribution in [3.8, 4) is 0 Å². The van der Waals surface area contributed by atoms with Crippen molar-refractivity contribution in [2.75, 3.05) is 6.54 Å². The van der Waals surface area contributed by atoms with E-state index < -0.39 is 0 Å². The van der Waals surface area contributed by atoms with Crippen LogP contribution in [0.3, 0.4) is 0 Å². The topological polar surface area (TPSA) is 12.0 Å². The van der Waals surface area contributed by atoms with Crippen molar-refractivity contribution < 1.29 is 0 Å². The molecule has 1 rings (SSSR count). The minimum absolute atomic E-state index is 0.644. The van der Waals surface area contributed by atoms with E-state index in [2.05, 4.69) is 5.32 Å². The van der Waals surface area contributed by atoms with Crippen molar-refractivity contribution in [2.45, 2.75) is 38.1 Å². The molecule has 0 amide bonds. The van der Waals surface area contributed by atoms with Gasteiger partial charge in [0.1, 0.15) is 0 Å². The molecule has 2 radical (unpaired) electrons. The Hall–Kier alpha value is -0.0400. The molecule has 9 heavy (non-hydrogen) atoms. The quantitative estimate of drug-likeness (QED) is 0.591. The first-order valence-electron chi connectivity index (χ1n) is 3.87. The van der Waals surface area contributed by atoms with E-state index >= 15 is 0 Å². The molecule has 0 saturated heterocycles. The normalized spacial score (nSPS) is 22.3. The molecule has 1 nitrogen and oxygen atoms in total. The Morgan fingerprint density at radius 1 is 1.22 bits per heavy atom. The highest BCUT2D eigenvalue weighted by molar-refractivity contribution is 4.71. The highest BCUT2D eigenvalue weighted by Crippen LogP contribution is 2.16. The Labute approximate surface area is 57.8 Å². The van der Waals surface area contributed by atoms with Gasteiger partial charge < -0.3 is 5.32 Å². The maximum Gasteiger partial charge on any atom is 0.00671 e. The predicted molar refractivity (Wildman–Crippen MR) is 39.2 cm³/mol. The summed E-state index contributed by atoms with van der Waals surface area (Å²) in [7, 11) is 0. The van der Waals surface area contributed by atoms with Crippen molar-refractivity contribution >= 4 is 0 Å². The van der Waals surface area contributed by atoms with Crippen LogP contribution in [0.25, 0.3) is 0 Å². The summed E-state index contributed by atoms with van der Waals surface area (Å²) in [4.78, 5) is 0. The molecule has 0 atom stereocenters. The molecule has 1 aliphatic rings. The Balaban J connectivity index is 2.08. The van der Waals surface area contributed by atoms with Gasteiger partial charge in [0, 0.05) is 6.04 Å². The molecule has 0 unspecified atom stereocenters. The van der Waals surface area contributed by atoms with Crippen LogP contribution in [0.1, 0.15) is 32.1 Å². The van der Waals surface area contributed by atoms with E-state index in [1.165, 1.54) is 32.1 Å². The summed E-state index contributed by atoms with van der Waals surface area (Å²) >= 11 is 0.